The van der Waals surface area contributed by atoms with Crippen LogP contribution in [0.1, 0.15) is 19.4 Å². The number of thioether (sulfide) groups is 1. The average molecular weight is 249 g/mol. The molecule has 17 heavy (non-hydrogen) atoms. The molecule has 1 saturated heterocycles. The smallest absolute Gasteiger partial charge is 0.239 e. The van der Waals surface area contributed by atoms with Gasteiger partial charge in [0, 0.05) is 12.4 Å². The first-order valence-electron chi connectivity index (χ1n) is 5.57. The maximum atomic E-state index is 11.6. The van der Waals surface area contributed by atoms with Crippen LogP contribution in [0, 0.1) is 5.92 Å². The molecule has 0 aromatic carbocycles. The molecule has 2 heterocycles. The lowest BCUT2D eigenvalue weighted by Gasteiger charge is -2.07. The van der Waals surface area contributed by atoms with Crippen molar-refractivity contribution in [2.24, 2.45) is 10.9 Å². The second kappa shape index (κ2) is 5.31. The summed E-state index contributed by atoms with van der Waals surface area (Å²) in [6, 6.07) is 3.84. The van der Waals surface area contributed by atoms with Gasteiger partial charge in [-0.1, -0.05) is 25.6 Å². The highest BCUT2D eigenvalue weighted by Crippen LogP contribution is 2.25. The van der Waals surface area contributed by atoms with Crippen LogP contribution in [0.25, 0.3) is 0 Å². The summed E-state index contributed by atoms with van der Waals surface area (Å²) < 4.78 is 0. The standard InChI is InChI=1S/C12H15N3OS/c1-8(2)10-11(16)15-12(17-10)14-7-9-3-5-13-6-4-9/h3-6,8,10H,7H2,1-2H3,(H,14,15,16). The number of nitrogens with one attached hydrogen (secondary N) is 1. The monoisotopic (exact) mass is 249 g/mol. The summed E-state index contributed by atoms with van der Waals surface area (Å²) in [7, 11) is 0. The van der Waals surface area contributed by atoms with Gasteiger partial charge < -0.3 is 5.32 Å². The van der Waals surface area contributed by atoms with E-state index < -0.39 is 0 Å². The van der Waals surface area contributed by atoms with E-state index in [0.717, 1.165) is 10.7 Å². The van der Waals surface area contributed by atoms with Crippen LogP contribution in [-0.4, -0.2) is 21.3 Å². The molecule has 0 bridgehead atoms. The highest BCUT2D eigenvalue weighted by atomic mass is 32.2. The Balaban J connectivity index is 1.99. The van der Waals surface area contributed by atoms with Crippen molar-refractivity contribution in [2.75, 3.05) is 0 Å². The van der Waals surface area contributed by atoms with Gasteiger partial charge in [-0.2, -0.15) is 0 Å². The number of amides is 1. The fraction of sp³-hybridized carbons (Fsp3) is 0.417. The highest BCUT2D eigenvalue weighted by Gasteiger charge is 2.32. The van der Waals surface area contributed by atoms with Crippen LogP contribution >= 0.6 is 11.8 Å². The van der Waals surface area contributed by atoms with Crippen LogP contribution in [0.5, 0.6) is 0 Å². The van der Waals surface area contributed by atoms with Crippen LogP contribution in [-0.2, 0) is 11.3 Å². The normalized spacial score (nSPS) is 22.2. The molecule has 1 amide bonds. The summed E-state index contributed by atoms with van der Waals surface area (Å²) >= 11 is 1.52. The van der Waals surface area contributed by atoms with Gasteiger partial charge in [0.15, 0.2) is 5.17 Å². The molecule has 1 atom stereocenters. The Hall–Kier alpha value is -1.36. The van der Waals surface area contributed by atoms with E-state index in [0.29, 0.717) is 12.5 Å². The van der Waals surface area contributed by atoms with Crippen LogP contribution in [0.4, 0.5) is 0 Å². The minimum atomic E-state index is -0.00816. The number of rotatable bonds is 3. The fourth-order valence-electron chi connectivity index (χ4n) is 1.55. The van der Waals surface area contributed by atoms with E-state index >= 15 is 0 Å². The van der Waals surface area contributed by atoms with Gasteiger partial charge >= 0.3 is 0 Å². The molecule has 90 valence electrons. The van der Waals surface area contributed by atoms with Crippen molar-refractivity contribution in [1.29, 1.82) is 0 Å². The summed E-state index contributed by atoms with van der Waals surface area (Å²) in [5.74, 6) is 0.395. The molecule has 1 aromatic rings. The third-order valence-electron chi connectivity index (χ3n) is 2.49. The van der Waals surface area contributed by atoms with Gasteiger partial charge in [0.05, 0.1) is 11.8 Å². The van der Waals surface area contributed by atoms with Gasteiger partial charge in [0.2, 0.25) is 5.91 Å². The summed E-state index contributed by atoms with van der Waals surface area (Å²) in [4.78, 5) is 20.0. The molecule has 0 aliphatic carbocycles. The van der Waals surface area contributed by atoms with Gasteiger partial charge in [-0.05, 0) is 23.6 Å². The molecule has 2 rings (SSSR count). The summed E-state index contributed by atoms with van der Waals surface area (Å²) in [5, 5.41) is 3.53. The van der Waals surface area contributed by atoms with Crippen molar-refractivity contribution < 1.29 is 4.79 Å². The number of carbonyl (C=O) groups excluding carboxylic acids is 1. The SMILES string of the molecule is CC(C)C1SC(=NCc2ccncc2)NC1=O. The van der Waals surface area contributed by atoms with Gasteiger partial charge in [-0.3, -0.25) is 14.8 Å². The molecule has 1 unspecified atom stereocenters. The highest BCUT2D eigenvalue weighted by molar-refractivity contribution is 8.15. The molecule has 0 radical (unpaired) electrons. The van der Waals surface area contributed by atoms with E-state index in [9.17, 15) is 4.79 Å². The fourth-order valence-corrected chi connectivity index (χ4v) is 2.52. The Morgan fingerprint density at radius 3 is 2.76 bits per heavy atom. The third-order valence-corrected chi connectivity index (χ3v) is 3.95. The number of hydrogen-bond acceptors (Lipinski definition) is 4. The van der Waals surface area contributed by atoms with E-state index in [1.54, 1.807) is 12.4 Å². The minimum Gasteiger partial charge on any atom is -0.304 e. The largest absolute Gasteiger partial charge is 0.304 e. The van der Waals surface area contributed by atoms with E-state index in [4.69, 9.17) is 0 Å². The molecule has 0 saturated carbocycles. The lowest BCUT2D eigenvalue weighted by molar-refractivity contribution is -0.119. The molecule has 1 N–H and O–H groups in total. The summed E-state index contributed by atoms with van der Waals surface area (Å²) in [5.41, 5.74) is 1.09. The minimum absolute atomic E-state index is 0.00816. The molecule has 0 spiro atoms. The van der Waals surface area contributed by atoms with E-state index in [1.165, 1.54) is 11.8 Å². The number of aromatic nitrogens is 1. The Kier molecular flexibility index (Phi) is 3.78. The second-order valence-electron chi connectivity index (χ2n) is 4.25. The quantitative estimate of drug-likeness (QED) is 0.889. The van der Waals surface area contributed by atoms with Crippen LogP contribution in [0.3, 0.4) is 0 Å². The van der Waals surface area contributed by atoms with Crippen molar-refractivity contribution in [3.05, 3.63) is 30.1 Å². The predicted octanol–water partition coefficient (Wildman–Crippen LogP) is 1.83. The van der Waals surface area contributed by atoms with Gasteiger partial charge in [0.25, 0.3) is 0 Å². The van der Waals surface area contributed by atoms with Gasteiger partial charge in [0.1, 0.15) is 0 Å². The maximum Gasteiger partial charge on any atom is 0.239 e. The Bertz CT molecular complexity index is 431. The zero-order valence-electron chi connectivity index (χ0n) is 9.88. The molecule has 1 aromatic heterocycles. The first kappa shape index (κ1) is 12.1. The molecular weight excluding hydrogens is 234 g/mol. The Labute approximate surface area is 105 Å². The number of carbonyl (C=O) groups is 1. The second-order valence-corrected chi connectivity index (χ2v) is 5.38. The first-order valence-corrected chi connectivity index (χ1v) is 6.45. The van der Waals surface area contributed by atoms with E-state index in [2.05, 4.69) is 15.3 Å². The lowest BCUT2D eigenvalue weighted by Crippen LogP contribution is -2.27. The Morgan fingerprint density at radius 2 is 2.18 bits per heavy atom. The van der Waals surface area contributed by atoms with E-state index in [-0.39, 0.29) is 11.2 Å². The van der Waals surface area contributed by atoms with Gasteiger partial charge in [-0.25, -0.2) is 0 Å². The molecule has 1 fully saturated rings. The summed E-state index contributed by atoms with van der Waals surface area (Å²) in [6.45, 7) is 4.67. The molecule has 4 nitrogen and oxygen atoms in total. The van der Waals surface area contributed by atoms with Crippen molar-refractivity contribution in [1.82, 2.24) is 10.3 Å². The van der Waals surface area contributed by atoms with E-state index in [1.807, 2.05) is 26.0 Å². The predicted molar refractivity (Wildman–Crippen MR) is 69.7 cm³/mol. The summed E-state index contributed by atoms with van der Waals surface area (Å²) in [6.07, 6.45) is 3.49. The van der Waals surface area contributed by atoms with Crippen molar-refractivity contribution in [3.8, 4) is 0 Å². The van der Waals surface area contributed by atoms with Crippen molar-refractivity contribution in [3.63, 3.8) is 0 Å². The zero-order valence-corrected chi connectivity index (χ0v) is 10.7. The zero-order chi connectivity index (χ0) is 12.3. The lowest BCUT2D eigenvalue weighted by atomic mass is 10.1. The number of pyridine rings is 1. The number of amidine groups is 1. The van der Waals surface area contributed by atoms with Crippen LogP contribution in [0.15, 0.2) is 29.5 Å². The molecule has 1 aliphatic rings. The van der Waals surface area contributed by atoms with Gasteiger partial charge in [-0.15, -0.1) is 0 Å². The molecular formula is C12H15N3OS. The molecule has 5 heteroatoms. The van der Waals surface area contributed by atoms with Crippen molar-refractivity contribution in [2.45, 2.75) is 25.6 Å². The number of nitrogens with zero attached hydrogens (tertiary/aromatic N) is 2. The van der Waals surface area contributed by atoms with Crippen molar-refractivity contribution >= 4 is 22.8 Å². The van der Waals surface area contributed by atoms with Crippen LogP contribution < -0.4 is 5.32 Å². The average Bonchev–Trinajstić information content (AvgIpc) is 2.69. The Morgan fingerprint density at radius 1 is 1.47 bits per heavy atom. The first-order chi connectivity index (χ1) is 8.16. The molecule has 1 aliphatic heterocycles. The third kappa shape index (κ3) is 3.06. The topological polar surface area (TPSA) is 54.4 Å². The number of hydrogen-bond donors (Lipinski definition) is 1. The number of aliphatic imine (C=N–C) groups is 1. The van der Waals surface area contributed by atoms with Crippen LogP contribution in [0.2, 0.25) is 0 Å². The maximum absolute atomic E-state index is 11.6.